The van der Waals surface area contributed by atoms with Crippen LogP contribution in [0.1, 0.15) is 11.4 Å². The molecule has 3 aromatic rings. The average molecular weight is 379 g/mol. The zero-order valence-electron chi connectivity index (χ0n) is 13.5. The van der Waals surface area contributed by atoms with Gasteiger partial charge in [0, 0.05) is 18.7 Å². The number of aromatic amines is 1. The summed E-state index contributed by atoms with van der Waals surface area (Å²) in [6.45, 7) is 0. The zero-order valence-corrected chi connectivity index (χ0v) is 15.1. The van der Waals surface area contributed by atoms with Crippen molar-refractivity contribution < 1.29 is 13.2 Å². The van der Waals surface area contributed by atoms with Crippen LogP contribution in [0, 0.1) is 0 Å². The SMILES string of the molecule is COc1cc2nc(Cc3cccc(S(C)(=O)=O)c3)[nH]c(=O)c2cc1Cl. The number of aromatic nitrogens is 2. The lowest BCUT2D eigenvalue weighted by Crippen LogP contribution is -2.12. The Labute approximate surface area is 149 Å². The van der Waals surface area contributed by atoms with E-state index in [1.165, 1.54) is 19.2 Å². The fourth-order valence-electron chi connectivity index (χ4n) is 2.51. The third-order valence-electron chi connectivity index (χ3n) is 3.73. The molecule has 6 nitrogen and oxygen atoms in total. The molecule has 130 valence electrons. The fraction of sp³-hybridized carbons (Fsp3) is 0.176. The molecule has 0 unspecified atom stereocenters. The molecule has 0 aliphatic carbocycles. The van der Waals surface area contributed by atoms with Gasteiger partial charge in [-0.25, -0.2) is 13.4 Å². The molecule has 1 heterocycles. The van der Waals surface area contributed by atoms with Crippen LogP contribution in [-0.2, 0) is 16.3 Å². The number of ether oxygens (including phenoxy) is 1. The second-order valence-electron chi connectivity index (χ2n) is 5.61. The third-order valence-corrected chi connectivity index (χ3v) is 5.13. The Hall–Kier alpha value is -2.38. The summed E-state index contributed by atoms with van der Waals surface area (Å²) in [6.07, 6.45) is 1.44. The molecule has 0 radical (unpaired) electrons. The van der Waals surface area contributed by atoms with E-state index < -0.39 is 9.84 Å². The van der Waals surface area contributed by atoms with Crippen LogP contribution in [0.4, 0.5) is 0 Å². The normalized spacial score (nSPS) is 11.6. The van der Waals surface area contributed by atoms with Crippen LogP contribution in [0.2, 0.25) is 5.02 Å². The van der Waals surface area contributed by atoms with Gasteiger partial charge in [-0.3, -0.25) is 4.79 Å². The van der Waals surface area contributed by atoms with Crippen LogP contribution in [-0.4, -0.2) is 31.8 Å². The summed E-state index contributed by atoms with van der Waals surface area (Å²) in [7, 11) is -1.81. The molecule has 0 saturated carbocycles. The summed E-state index contributed by atoms with van der Waals surface area (Å²) in [4.78, 5) is 19.6. The number of fused-ring (bicyclic) bond motifs is 1. The lowest BCUT2D eigenvalue weighted by molar-refractivity contribution is 0.415. The van der Waals surface area contributed by atoms with Crippen LogP contribution < -0.4 is 10.3 Å². The van der Waals surface area contributed by atoms with E-state index in [1.807, 2.05) is 0 Å². The van der Waals surface area contributed by atoms with Crippen molar-refractivity contribution in [1.82, 2.24) is 9.97 Å². The van der Waals surface area contributed by atoms with E-state index in [1.54, 1.807) is 24.3 Å². The molecule has 8 heteroatoms. The Balaban J connectivity index is 2.05. The highest BCUT2D eigenvalue weighted by Crippen LogP contribution is 2.27. The van der Waals surface area contributed by atoms with Gasteiger partial charge in [0.25, 0.3) is 5.56 Å². The van der Waals surface area contributed by atoms with Crippen molar-refractivity contribution in [1.29, 1.82) is 0 Å². The molecule has 1 N–H and O–H groups in total. The molecular weight excluding hydrogens is 364 g/mol. The molecule has 0 aliphatic rings. The first-order valence-corrected chi connectivity index (χ1v) is 9.60. The Morgan fingerprint density at radius 3 is 2.68 bits per heavy atom. The maximum absolute atomic E-state index is 12.3. The molecule has 0 amide bonds. The monoisotopic (exact) mass is 378 g/mol. The van der Waals surface area contributed by atoms with Gasteiger partial charge in [-0.2, -0.15) is 0 Å². The molecule has 0 spiro atoms. The molecule has 0 bridgehead atoms. The van der Waals surface area contributed by atoms with E-state index >= 15 is 0 Å². The minimum atomic E-state index is -3.30. The highest BCUT2D eigenvalue weighted by atomic mass is 35.5. The predicted molar refractivity (Wildman–Crippen MR) is 96.3 cm³/mol. The summed E-state index contributed by atoms with van der Waals surface area (Å²) >= 11 is 6.04. The predicted octanol–water partition coefficient (Wildman–Crippen LogP) is 2.58. The van der Waals surface area contributed by atoms with Crippen LogP contribution >= 0.6 is 11.6 Å². The Morgan fingerprint density at radius 2 is 2.00 bits per heavy atom. The summed E-state index contributed by atoms with van der Waals surface area (Å²) in [5, 5.41) is 0.690. The molecule has 3 rings (SSSR count). The second kappa shape index (κ2) is 6.50. The lowest BCUT2D eigenvalue weighted by atomic mass is 10.1. The summed E-state index contributed by atoms with van der Waals surface area (Å²) in [6, 6.07) is 9.65. The van der Waals surface area contributed by atoms with Gasteiger partial charge in [0.2, 0.25) is 0 Å². The third kappa shape index (κ3) is 3.67. The van der Waals surface area contributed by atoms with Crippen molar-refractivity contribution in [3.05, 3.63) is 63.2 Å². The first-order chi connectivity index (χ1) is 11.8. The molecule has 0 fully saturated rings. The van der Waals surface area contributed by atoms with Crippen LogP contribution in [0.3, 0.4) is 0 Å². The molecule has 0 saturated heterocycles. The highest BCUT2D eigenvalue weighted by molar-refractivity contribution is 7.90. The van der Waals surface area contributed by atoms with Gasteiger partial charge in [-0.05, 0) is 23.8 Å². The van der Waals surface area contributed by atoms with E-state index in [9.17, 15) is 13.2 Å². The number of hydrogen-bond acceptors (Lipinski definition) is 5. The molecular formula is C17H15ClN2O4S. The Kier molecular flexibility index (Phi) is 4.53. The largest absolute Gasteiger partial charge is 0.495 e. The van der Waals surface area contributed by atoms with Crippen molar-refractivity contribution in [3.63, 3.8) is 0 Å². The van der Waals surface area contributed by atoms with Gasteiger partial charge in [-0.15, -0.1) is 0 Å². The van der Waals surface area contributed by atoms with E-state index in [4.69, 9.17) is 16.3 Å². The van der Waals surface area contributed by atoms with Gasteiger partial charge in [-0.1, -0.05) is 23.7 Å². The summed E-state index contributed by atoms with van der Waals surface area (Å²) < 4.78 is 28.5. The number of H-pyrrole nitrogens is 1. The van der Waals surface area contributed by atoms with Crippen LogP contribution in [0.5, 0.6) is 5.75 Å². The van der Waals surface area contributed by atoms with E-state index in [0.29, 0.717) is 33.9 Å². The molecule has 1 aromatic heterocycles. The van der Waals surface area contributed by atoms with E-state index in [2.05, 4.69) is 9.97 Å². The van der Waals surface area contributed by atoms with Gasteiger partial charge in [0.1, 0.15) is 11.6 Å². The smallest absolute Gasteiger partial charge is 0.258 e. The molecule has 2 aromatic carbocycles. The first-order valence-electron chi connectivity index (χ1n) is 7.33. The standard InChI is InChI=1S/C17H15ClN2O4S/c1-24-15-9-14-12(8-13(15)18)17(21)20-16(19-14)7-10-4-3-5-11(6-10)25(2,22)23/h3-6,8-9H,7H2,1-2H3,(H,19,20,21). The summed E-state index contributed by atoms with van der Waals surface area (Å²) in [5.41, 5.74) is 0.870. The van der Waals surface area contributed by atoms with E-state index in [0.717, 1.165) is 11.8 Å². The topological polar surface area (TPSA) is 89.1 Å². The van der Waals surface area contributed by atoms with Crippen LogP contribution in [0.15, 0.2) is 46.1 Å². The molecule has 25 heavy (non-hydrogen) atoms. The van der Waals surface area contributed by atoms with Gasteiger partial charge in [0.15, 0.2) is 9.84 Å². The summed E-state index contributed by atoms with van der Waals surface area (Å²) in [5.74, 6) is 0.852. The number of benzene rings is 2. The average Bonchev–Trinajstić information content (AvgIpc) is 2.54. The molecule has 0 atom stereocenters. The Bertz CT molecular complexity index is 1120. The van der Waals surface area contributed by atoms with Crippen molar-refractivity contribution in [2.75, 3.05) is 13.4 Å². The lowest BCUT2D eigenvalue weighted by Gasteiger charge is -2.07. The number of halogens is 1. The van der Waals surface area contributed by atoms with Crippen molar-refractivity contribution in [3.8, 4) is 5.75 Å². The Morgan fingerprint density at radius 1 is 1.24 bits per heavy atom. The number of sulfone groups is 1. The number of hydrogen-bond donors (Lipinski definition) is 1. The van der Waals surface area contributed by atoms with Gasteiger partial charge < -0.3 is 9.72 Å². The number of nitrogens with one attached hydrogen (secondary N) is 1. The number of methoxy groups -OCH3 is 1. The van der Waals surface area contributed by atoms with Gasteiger partial charge in [0.05, 0.1) is 27.9 Å². The van der Waals surface area contributed by atoms with Crippen LogP contribution in [0.25, 0.3) is 10.9 Å². The molecule has 0 aliphatic heterocycles. The van der Waals surface area contributed by atoms with Crippen molar-refractivity contribution in [2.45, 2.75) is 11.3 Å². The second-order valence-corrected chi connectivity index (χ2v) is 8.04. The highest BCUT2D eigenvalue weighted by Gasteiger charge is 2.11. The fourth-order valence-corrected chi connectivity index (χ4v) is 3.44. The number of rotatable bonds is 4. The maximum atomic E-state index is 12.3. The maximum Gasteiger partial charge on any atom is 0.258 e. The van der Waals surface area contributed by atoms with Crippen molar-refractivity contribution in [2.24, 2.45) is 0 Å². The van der Waals surface area contributed by atoms with E-state index in [-0.39, 0.29) is 10.5 Å². The first kappa shape index (κ1) is 17.4. The number of nitrogens with zero attached hydrogens (tertiary/aromatic N) is 1. The zero-order chi connectivity index (χ0) is 18.2. The van der Waals surface area contributed by atoms with Gasteiger partial charge >= 0.3 is 0 Å². The quantitative estimate of drug-likeness (QED) is 0.753. The van der Waals surface area contributed by atoms with Crippen molar-refractivity contribution >= 4 is 32.3 Å². The minimum Gasteiger partial charge on any atom is -0.495 e. The minimum absolute atomic E-state index is 0.224.